The van der Waals surface area contributed by atoms with Crippen molar-refractivity contribution in [3.8, 4) is 6.07 Å². The summed E-state index contributed by atoms with van der Waals surface area (Å²) in [6.07, 6.45) is 5.33. The Morgan fingerprint density at radius 2 is 2.00 bits per heavy atom. The topological polar surface area (TPSA) is 51.4 Å². The van der Waals surface area contributed by atoms with Crippen LogP contribution in [0.5, 0.6) is 0 Å². The maximum absolute atomic E-state index is 14.0. The maximum Gasteiger partial charge on any atom is 0.193 e. The summed E-state index contributed by atoms with van der Waals surface area (Å²) in [6, 6.07) is 6.54. The fourth-order valence-corrected chi connectivity index (χ4v) is 3.85. The van der Waals surface area contributed by atoms with Crippen molar-refractivity contribution in [2.24, 2.45) is 16.8 Å². The van der Waals surface area contributed by atoms with Crippen LogP contribution in [0.25, 0.3) is 0 Å². The number of rotatable bonds is 2. The van der Waals surface area contributed by atoms with Crippen LogP contribution in [0.2, 0.25) is 0 Å². The number of hydrogen-bond acceptors (Lipinski definition) is 2. The summed E-state index contributed by atoms with van der Waals surface area (Å²) in [6.45, 7) is 2.50. The minimum Gasteiger partial charge on any atom is -0.352 e. The second-order valence-corrected chi connectivity index (χ2v) is 6.53. The van der Waals surface area contributed by atoms with Gasteiger partial charge in [-0.05, 0) is 36.8 Å². The molecular formula is C18H24FIN4. The van der Waals surface area contributed by atoms with Gasteiger partial charge in [-0.3, -0.25) is 4.99 Å². The van der Waals surface area contributed by atoms with E-state index in [1.54, 1.807) is 19.2 Å². The van der Waals surface area contributed by atoms with Gasteiger partial charge in [0.05, 0.1) is 11.6 Å². The van der Waals surface area contributed by atoms with Crippen molar-refractivity contribution < 1.29 is 4.39 Å². The van der Waals surface area contributed by atoms with Crippen molar-refractivity contribution in [2.75, 3.05) is 20.1 Å². The first-order valence-corrected chi connectivity index (χ1v) is 8.35. The van der Waals surface area contributed by atoms with Crippen LogP contribution >= 0.6 is 24.0 Å². The Morgan fingerprint density at radius 1 is 1.33 bits per heavy atom. The van der Waals surface area contributed by atoms with E-state index < -0.39 is 0 Å². The summed E-state index contributed by atoms with van der Waals surface area (Å²) >= 11 is 0. The zero-order valence-corrected chi connectivity index (χ0v) is 16.3. The summed E-state index contributed by atoms with van der Waals surface area (Å²) in [4.78, 5) is 6.67. The van der Waals surface area contributed by atoms with Gasteiger partial charge in [-0.2, -0.15) is 5.26 Å². The van der Waals surface area contributed by atoms with Gasteiger partial charge in [0.15, 0.2) is 5.96 Å². The van der Waals surface area contributed by atoms with E-state index in [1.807, 2.05) is 6.07 Å². The molecule has 0 bridgehead atoms. The second kappa shape index (κ2) is 8.65. The van der Waals surface area contributed by atoms with E-state index in [9.17, 15) is 4.39 Å². The molecule has 2 unspecified atom stereocenters. The maximum atomic E-state index is 14.0. The highest BCUT2D eigenvalue weighted by Crippen LogP contribution is 2.35. The highest BCUT2D eigenvalue weighted by atomic mass is 127. The van der Waals surface area contributed by atoms with Crippen LogP contribution in [0.1, 0.15) is 36.8 Å². The monoisotopic (exact) mass is 442 g/mol. The summed E-state index contributed by atoms with van der Waals surface area (Å²) in [5, 5.41) is 12.1. The molecule has 1 aromatic rings. The van der Waals surface area contributed by atoms with E-state index in [0.717, 1.165) is 30.9 Å². The lowest BCUT2D eigenvalue weighted by Crippen LogP contribution is -2.40. The van der Waals surface area contributed by atoms with Gasteiger partial charge in [-0.25, -0.2) is 4.39 Å². The molecule has 1 saturated heterocycles. The van der Waals surface area contributed by atoms with Crippen LogP contribution in [0.3, 0.4) is 0 Å². The van der Waals surface area contributed by atoms with E-state index in [1.165, 1.54) is 31.7 Å². The zero-order chi connectivity index (χ0) is 16.2. The number of likely N-dealkylation sites (tertiary alicyclic amines) is 1. The fraction of sp³-hybridized carbons (Fsp3) is 0.556. The Morgan fingerprint density at radius 3 is 2.54 bits per heavy atom. The molecular weight excluding hydrogens is 418 g/mol. The van der Waals surface area contributed by atoms with E-state index in [-0.39, 0.29) is 29.8 Å². The number of nitrogens with one attached hydrogen (secondary N) is 1. The molecule has 24 heavy (non-hydrogen) atoms. The Bertz CT molecular complexity index is 626. The Balaban J connectivity index is 0.00000208. The van der Waals surface area contributed by atoms with E-state index in [4.69, 9.17) is 5.26 Å². The number of nitriles is 1. The van der Waals surface area contributed by atoms with Gasteiger partial charge in [0.25, 0.3) is 0 Å². The van der Waals surface area contributed by atoms with Gasteiger partial charge >= 0.3 is 0 Å². The van der Waals surface area contributed by atoms with E-state index in [0.29, 0.717) is 17.7 Å². The molecule has 0 amide bonds. The third-order valence-electron chi connectivity index (χ3n) is 5.11. The SMILES string of the molecule is CN=C(NCc1ccc(C#N)cc1F)N1CC2CCCCC2C1.I. The largest absolute Gasteiger partial charge is 0.352 e. The number of guanidine groups is 1. The second-order valence-electron chi connectivity index (χ2n) is 6.53. The molecule has 2 fully saturated rings. The third-order valence-corrected chi connectivity index (χ3v) is 5.11. The molecule has 130 valence electrons. The molecule has 0 spiro atoms. The number of hydrogen-bond donors (Lipinski definition) is 1. The fourth-order valence-electron chi connectivity index (χ4n) is 3.85. The molecule has 3 rings (SSSR count). The van der Waals surface area contributed by atoms with E-state index >= 15 is 0 Å². The third kappa shape index (κ3) is 4.18. The highest BCUT2D eigenvalue weighted by molar-refractivity contribution is 14.0. The molecule has 2 atom stereocenters. The molecule has 0 aromatic heterocycles. The quantitative estimate of drug-likeness (QED) is 0.434. The van der Waals surface area contributed by atoms with Crippen LogP contribution < -0.4 is 5.32 Å². The molecule has 1 aromatic carbocycles. The minimum absolute atomic E-state index is 0. The summed E-state index contributed by atoms with van der Waals surface area (Å²) < 4.78 is 14.0. The molecule has 1 N–H and O–H groups in total. The highest BCUT2D eigenvalue weighted by Gasteiger charge is 2.35. The Kier molecular flexibility index (Phi) is 6.84. The molecule has 2 aliphatic rings. The molecule has 0 radical (unpaired) electrons. The van der Waals surface area contributed by atoms with Crippen LogP contribution in [0.4, 0.5) is 4.39 Å². The normalized spacial score (nSPS) is 23.2. The van der Waals surface area contributed by atoms with Crippen molar-refractivity contribution in [1.82, 2.24) is 10.2 Å². The number of halogens is 2. The molecule has 4 nitrogen and oxygen atoms in total. The smallest absolute Gasteiger partial charge is 0.193 e. The summed E-state index contributed by atoms with van der Waals surface area (Å²) in [5.41, 5.74) is 0.904. The number of benzene rings is 1. The van der Waals surface area contributed by atoms with Crippen LogP contribution in [-0.4, -0.2) is 31.0 Å². The van der Waals surface area contributed by atoms with Crippen LogP contribution in [0, 0.1) is 29.0 Å². The van der Waals surface area contributed by atoms with Crippen molar-refractivity contribution >= 4 is 29.9 Å². The zero-order valence-electron chi connectivity index (χ0n) is 14.0. The predicted molar refractivity (Wildman–Crippen MR) is 104 cm³/mol. The average molecular weight is 442 g/mol. The Labute approximate surface area is 160 Å². The van der Waals surface area contributed by atoms with Gasteiger partial charge < -0.3 is 10.2 Å². The average Bonchev–Trinajstić information content (AvgIpc) is 3.00. The lowest BCUT2D eigenvalue weighted by molar-refractivity contribution is 0.299. The van der Waals surface area contributed by atoms with Crippen molar-refractivity contribution in [3.63, 3.8) is 0 Å². The summed E-state index contributed by atoms with van der Waals surface area (Å²) in [7, 11) is 1.78. The van der Waals surface area contributed by atoms with Crippen LogP contribution in [0.15, 0.2) is 23.2 Å². The minimum atomic E-state index is -0.345. The predicted octanol–water partition coefficient (Wildman–Crippen LogP) is 3.51. The van der Waals surface area contributed by atoms with Crippen LogP contribution in [-0.2, 0) is 6.54 Å². The molecule has 1 saturated carbocycles. The van der Waals surface area contributed by atoms with E-state index in [2.05, 4.69) is 15.2 Å². The molecule has 1 aliphatic carbocycles. The lowest BCUT2D eigenvalue weighted by atomic mass is 9.82. The first-order chi connectivity index (χ1) is 11.2. The summed E-state index contributed by atoms with van der Waals surface area (Å²) in [5.74, 6) is 2.08. The number of fused-ring (bicyclic) bond motifs is 1. The van der Waals surface area contributed by atoms with Crippen molar-refractivity contribution in [2.45, 2.75) is 32.2 Å². The first-order valence-electron chi connectivity index (χ1n) is 8.35. The van der Waals surface area contributed by atoms with Gasteiger partial charge in [0.1, 0.15) is 5.82 Å². The van der Waals surface area contributed by atoms with Gasteiger partial charge in [0.2, 0.25) is 0 Å². The molecule has 1 heterocycles. The lowest BCUT2D eigenvalue weighted by Gasteiger charge is -2.22. The van der Waals surface area contributed by atoms with Crippen molar-refractivity contribution in [1.29, 1.82) is 5.26 Å². The van der Waals surface area contributed by atoms with Gasteiger partial charge in [0, 0.05) is 32.2 Å². The Hall–Kier alpha value is -1.36. The standard InChI is InChI=1S/C18H23FN4.HI/c1-21-18(23-11-15-4-2-3-5-16(15)12-23)22-10-14-7-6-13(9-20)8-17(14)19;/h6-8,15-16H,2-5,10-12H2,1H3,(H,21,22);1H. The molecule has 1 aliphatic heterocycles. The van der Waals surface area contributed by atoms with Gasteiger partial charge in [-0.15, -0.1) is 24.0 Å². The number of nitrogens with zero attached hydrogens (tertiary/aromatic N) is 3. The molecule has 6 heteroatoms. The number of aliphatic imine (C=N–C) groups is 1. The first kappa shape index (κ1) is 19.0. The van der Waals surface area contributed by atoms with Gasteiger partial charge in [-0.1, -0.05) is 18.9 Å². The van der Waals surface area contributed by atoms with Crippen molar-refractivity contribution in [3.05, 3.63) is 35.1 Å².